The second-order valence-electron chi connectivity index (χ2n) is 3.80. The van der Waals surface area contributed by atoms with Gasteiger partial charge >= 0.3 is 0 Å². The van der Waals surface area contributed by atoms with Crippen LogP contribution in [0.2, 0.25) is 0 Å². The molecule has 0 saturated heterocycles. The van der Waals surface area contributed by atoms with E-state index >= 15 is 0 Å². The van der Waals surface area contributed by atoms with Crippen LogP contribution in [0.25, 0.3) is 5.53 Å². The van der Waals surface area contributed by atoms with Gasteiger partial charge < -0.3 is 10.3 Å². The van der Waals surface area contributed by atoms with Crippen LogP contribution in [0, 0.1) is 18.6 Å². The van der Waals surface area contributed by atoms with E-state index in [0.29, 0.717) is 11.4 Å². The van der Waals surface area contributed by atoms with Gasteiger partial charge in [0, 0.05) is 29.8 Å². The van der Waals surface area contributed by atoms with E-state index in [1.165, 1.54) is 0 Å². The highest BCUT2D eigenvalue weighted by Crippen LogP contribution is 2.25. The average molecular weight is 248 g/mol. The second kappa shape index (κ2) is 4.91. The first kappa shape index (κ1) is 12.2. The lowest BCUT2D eigenvalue weighted by atomic mass is 10.2. The van der Waals surface area contributed by atoms with Gasteiger partial charge in [-0.15, -0.1) is 0 Å². The van der Waals surface area contributed by atoms with Gasteiger partial charge in [0.15, 0.2) is 5.69 Å². The van der Waals surface area contributed by atoms with Crippen molar-refractivity contribution < 1.29 is 18.6 Å². The molecule has 0 aliphatic heterocycles. The lowest BCUT2D eigenvalue weighted by Crippen LogP contribution is -2.54. The number of rotatable bonds is 3. The van der Waals surface area contributed by atoms with Gasteiger partial charge in [-0.05, 0) is 19.1 Å². The van der Waals surface area contributed by atoms with Gasteiger partial charge in [0.2, 0.25) is 0 Å². The number of aryl methyl sites for hydroxylation is 1. The molecule has 1 N–H and O–H groups in total. The molecule has 2 aromatic rings. The molecule has 0 radical (unpaired) electrons. The summed E-state index contributed by atoms with van der Waals surface area (Å²) in [6.07, 6.45) is 0. The fourth-order valence-electron chi connectivity index (χ4n) is 1.55. The standard InChI is InChI=1S/C13H10F2N2O/c1-8-4-11(2-3-13(8)17-16)18-12-6-9(14)5-10(15)7-12/h2-7,17H,1H3. The zero-order valence-corrected chi connectivity index (χ0v) is 9.58. The van der Waals surface area contributed by atoms with Crippen molar-refractivity contribution in [2.75, 3.05) is 0 Å². The van der Waals surface area contributed by atoms with Crippen LogP contribution in [0.5, 0.6) is 11.5 Å². The molecule has 2 rings (SSSR count). The summed E-state index contributed by atoms with van der Waals surface area (Å²) in [5, 5.41) is 2.03. The predicted octanol–water partition coefficient (Wildman–Crippen LogP) is 2.80. The lowest BCUT2D eigenvalue weighted by Gasteiger charge is -2.07. The first-order valence-electron chi connectivity index (χ1n) is 5.23. The summed E-state index contributed by atoms with van der Waals surface area (Å²) in [5.41, 5.74) is 10.1. The first-order chi connectivity index (χ1) is 8.58. The molecular formula is C13H10F2N2O. The van der Waals surface area contributed by atoms with Crippen molar-refractivity contribution in [1.82, 2.24) is 0 Å². The quantitative estimate of drug-likeness (QED) is 0.834. The molecule has 0 bridgehead atoms. The van der Waals surface area contributed by atoms with E-state index in [2.05, 4.69) is 0 Å². The van der Waals surface area contributed by atoms with E-state index in [-0.39, 0.29) is 5.75 Å². The number of nitrogens with zero attached hydrogens (tertiary/aromatic N) is 1. The molecule has 92 valence electrons. The largest absolute Gasteiger partial charge is 0.502 e. The van der Waals surface area contributed by atoms with Crippen LogP contribution in [-0.2, 0) is 0 Å². The Morgan fingerprint density at radius 3 is 2.22 bits per heavy atom. The number of benzene rings is 2. The van der Waals surface area contributed by atoms with Crippen molar-refractivity contribution in [3.05, 3.63) is 59.1 Å². The Labute approximate surface area is 103 Å². The topological polar surface area (TPSA) is 45.5 Å². The highest BCUT2D eigenvalue weighted by molar-refractivity contribution is 5.44. The minimum Gasteiger partial charge on any atom is -0.502 e. The van der Waals surface area contributed by atoms with E-state index in [4.69, 9.17) is 10.3 Å². The number of hydrogen-bond acceptors (Lipinski definition) is 1. The van der Waals surface area contributed by atoms with Crippen molar-refractivity contribution in [3.63, 3.8) is 0 Å². The summed E-state index contributed by atoms with van der Waals surface area (Å²) in [6.45, 7) is 1.76. The third-order valence-electron chi connectivity index (χ3n) is 2.39. The summed E-state index contributed by atoms with van der Waals surface area (Å²) in [7, 11) is 0. The maximum absolute atomic E-state index is 13.0. The normalized spacial score (nSPS) is 10.2. The van der Waals surface area contributed by atoms with Gasteiger partial charge in [-0.25, -0.2) is 8.78 Å². The first-order valence-corrected chi connectivity index (χ1v) is 5.23. The Morgan fingerprint density at radius 2 is 1.67 bits per heavy atom. The summed E-state index contributed by atoms with van der Waals surface area (Å²) in [4.78, 5) is 0. The van der Waals surface area contributed by atoms with Crippen molar-refractivity contribution in [3.8, 4) is 11.5 Å². The Hall–Kier alpha value is -2.30. The molecule has 0 unspecified atom stereocenters. The average Bonchev–Trinajstić information content (AvgIpc) is 2.27. The molecule has 0 fully saturated rings. The molecule has 0 saturated carbocycles. The molecule has 5 heteroatoms. The van der Waals surface area contributed by atoms with Crippen LogP contribution in [0.15, 0.2) is 36.4 Å². The zero-order valence-electron chi connectivity index (χ0n) is 9.58. The molecule has 18 heavy (non-hydrogen) atoms. The Bertz CT molecular complexity index is 579. The summed E-state index contributed by atoms with van der Waals surface area (Å²) in [6, 6.07) is 7.78. The molecule has 0 atom stereocenters. The molecule has 0 aliphatic rings. The van der Waals surface area contributed by atoms with E-state index in [1.807, 2.05) is 5.11 Å². The minimum absolute atomic E-state index is 0.0802. The monoisotopic (exact) mass is 248 g/mol. The number of nitrogens with one attached hydrogen (secondary N) is 1. The number of halogens is 2. The SMILES string of the molecule is Cc1cc(Oc2cc(F)cc(F)c2)ccc1[NH+]=[N-]. The van der Waals surface area contributed by atoms with Gasteiger partial charge in [-0.1, -0.05) is 0 Å². The van der Waals surface area contributed by atoms with Gasteiger partial charge in [-0.2, -0.15) is 0 Å². The van der Waals surface area contributed by atoms with Crippen LogP contribution in [0.3, 0.4) is 0 Å². The van der Waals surface area contributed by atoms with Crippen LogP contribution in [0.4, 0.5) is 14.5 Å². The number of hydrogen-bond donors (Lipinski definition) is 1. The van der Waals surface area contributed by atoms with Crippen molar-refractivity contribution >= 4 is 5.69 Å². The van der Waals surface area contributed by atoms with Gasteiger partial charge in [0.05, 0.1) is 0 Å². The van der Waals surface area contributed by atoms with E-state index in [9.17, 15) is 8.78 Å². The van der Waals surface area contributed by atoms with Crippen molar-refractivity contribution in [2.24, 2.45) is 0 Å². The highest BCUT2D eigenvalue weighted by Gasteiger charge is 2.05. The maximum atomic E-state index is 13.0. The van der Waals surface area contributed by atoms with E-state index in [0.717, 1.165) is 23.8 Å². The summed E-state index contributed by atoms with van der Waals surface area (Å²) >= 11 is 0. The van der Waals surface area contributed by atoms with Gasteiger partial charge in [0.25, 0.3) is 0 Å². The summed E-state index contributed by atoms with van der Waals surface area (Å²) < 4.78 is 31.3. The third kappa shape index (κ3) is 2.68. The fourth-order valence-corrected chi connectivity index (χ4v) is 1.55. The molecular weight excluding hydrogens is 238 g/mol. The zero-order chi connectivity index (χ0) is 13.1. The minimum atomic E-state index is -0.699. The Morgan fingerprint density at radius 1 is 1.00 bits per heavy atom. The molecule has 0 aliphatic carbocycles. The molecule has 3 nitrogen and oxygen atoms in total. The van der Waals surface area contributed by atoms with Crippen LogP contribution in [0.1, 0.15) is 5.56 Å². The molecule has 0 spiro atoms. The smallest absolute Gasteiger partial charge is 0.195 e. The number of ether oxygens (including phenoxy) is 1. The summed E-state index contributed by atoms with van der Waals surface area (Å²) in [5.74, 6) is -0.890. The molecule has 0 amide bonds. The van der Waals surface area contributed by atoms with Crippen molar-refractivity contribution in [2.45, 2.75) is 6.92 Å². The highest BCUT2D eigenvalue weighted by atomic mass is 19.1. The van der Waals surface area contributed by atoms with Crippen LogP contribution >= 0.6 is 0 Å². The van der Waals surface area contributed by atoms with Crippen LogP contribution in [-0.4, -0.2) is 0 Å². The van der Waals surface area contributed by atoms with Gasteiger partial charge in [0.1, 0.15) is 23.1 Å². The predicted molar refractivity (Wildman–Crippen MR) is 61.6 cm³/mol. The molecule has 2 aromatic carbocycles. The second-order valence-corrected chi connectivity index (χ2v) is 3.80. The van der Waals surface area contributed by atoms with E-state index in [1.54, 1.807) is 25.1 Å². The lowest BCUT2D eigenvalue weighted by molar-refractivity contribution is -0.380. The third-order valence-corrected chi connectivity index (χ3v) is 2.39. The van der Waals surface area contributed by atoms with Crippen LogP contribution < -0.4 is 9.85 Å². The Balaban J connectivity index is 2.28. The fraction of sp³-hybridized carbons (Fsp3) is 0.0769. The molecule has 0 aromatic heterocycles. The van der Waals surface area contributed by atoms with E-state index < -0.39 is 11.6 Å². The molecule has 0 heterocycles. The maximum Gasteiger partial charge on any atom is 0.195 e. The Kier molecular flexibility index (Phi) is 3.32. The van der Waals surface area contributed by atoms with Crippen molar-refractivity contribution in [1.29, 1.82) is 0 Å². The van der Waals surface area contributed by atoms with Gasteiger partial charge in [-0.3, -0.25) is 5.11 Å².